The first kappa shape index (κ1) is 15.8. The Bertz CT molecular complexity index is 608. The van der Waals surface area contributed by atoms with Gasteiger partial charge in [0.15, 0.2) is 11.5 Å². The first-order chi connectivity index (χ1) is 10.1. The van der Waals surface area contributed by atoms with E-state index in [1.165, 1.54) is 4.88 Å². The van der Waals surface area contributed by atoms with Crippen molar-refractivity contribution in [3.63, 3.8) is 0 Å². The Hall–Kier alpha value is -1.59. The van der Waals surface area contributed by atoms with Gasteiger partial charge in [0.25, 0.3) is 0 Å². The van der Waals surface area contributed by atoms with Gasteiger partial charge in [-0.25, -0.2) is 4.98 Å². The molecule has 21 heavy (non-hydrogen) atoms. The number of methoxy groups -OCH3 is 2. The van der Waals surface area contributed by atoms with Crippen LogP contribution < -0.4 is 15.2 Å². The third kappa shape index (κ3) is 3.54. The smallest absolute Gasteiger partial charge is 0.160 e. The third-order valence-electron chi connectivity index (χ3n) is 3.32. The largest absolute Gasteiger partial charge is 0.493 e. The van der Waals surface area contributed by atoms with Crippen molar-refractivity contribution in [3.8, 4) is 11.5 Å². The van der Waals surface area contributed by atoms with Crippen LogP contribution >= 0.6 is 11.3 Å². The lowest BCUT2D eigenvalue weighted by molar-refractivity contribution is 0.354. The van der Waals surface area contributed by atoms with Crippen molar-refractivity contribution < 1.29 is 9.47 Å². The summed E-state index contributed by atoms with van der Waals surface area (Å²) in [7, 11) is 3.29. The highest BCUT2D eigenvalue weighted by Crippen LogP contribution is 2.30. The number of nitrogens with zero attached hydrogens (tertiary/aromatic N) is 1. The van der Waals surface area contributed by atoms with Crippen LogP contribution in [0.4, 0.5) is 0 Å². The molecule has 0 aliphatic heterocycles. The first-order valence-corrected chi connectivity index (χ1v) is 7.85. The molecule has 4 nitrogen and oxygen atoms in total. The molecule has 1 atom stereocenters. The molecule has 0 fully saturated rings. The van der Waals surface area contributed by atoms with Crippen molar-refractivity contribution in [1.82, 2.24) is 4.98 Å². The summed E-state index contributed by atoms with van der Waals surface area (Å²) >= 11 is 1.70. The van der Waals surface area contributed by atoms with E-state index in [0.29, 0.717) is 0 Å². The molecule has 0 bridgehead atoms. The van der Waals surface area contributed by atoms with Crippen molar-refractivity contribution in [1.29, 1.82) is 0 Å². The molecule has 0 radical (unpaired) electrons. The van der Waals surface area contributed by atoms with Crippen molar-refractivity contribution >= 4 is 11.3 Å². The summed E-state index contributed by atoms with van der Waals surface area (Å²) in [6.45, 7) is 4.12. The van der Waals surface area contributed by atoms with Crippen molar-refractivity contribution in [2.45, 2.75) is 32.7 Å². The van der Waals surface area contributed by atoms with Crippen LogP contribution in [-0.4, -0.2) is 19.2 Å². The van der Waals surface area contributed by atoms with Crippen LogP contribution in [-0.2, 0) is 12.8 Å². The quantitative estimate of drug-likeness (QED) is 0.889. The predicted octanol–water partition coefficient (Wildman–Crippen LogP) is 3.33. The zero-order valence-electron chi connectivity index (χ0n) is 13.0. The molecule has 0 aliphatic rings. The first-order valence-electron chi connectivity index (χ1n) is 7.04. The molecule has 0 saturated carbocycles. The SMILES string of the molecule is CCc1nc(Cc2ccc(OC)c(OC)c2)sc1C(C)N. The standard InChI is InChI=1S/C16H22N2O2S/c1-5-12-16(10(2)17)21-15(18-12)9-11-6-7-13(19-3)14(8-11)20-4/h6-8,10H,5,9,17H2,1-4H3. The number of benzene rings is 1. The van der Waals surface area contributed by atoms with Crippen molar-refractivity contribution in [2.75, 3.05) is 14.2 Å². The van der Waals surface area contributed by atoms with Gasteiger partial charge < -0.3 is 15.2 Å². The van der Waals surface area contributed by atoms with E-state index in [9.17, 15) is 0 Å². The molecule has 0 amide bonds. The number of hydrogen-bond donors (Lipinski definition) is 1. The molecule has 2 N–H and O–H groups in total. The zero-order chi connectivity index (χ0) is 15.4. The summed E-state index contributed by atoms with van der Waals surface area (Å²) in [6, 6.07) is 6.00. The second-order valence-electron chi connectivity index (χ2n) is 4.93. The average molecular weight is 306 g/mol. The van der Waals surface area contributed by atoms with Gasteiger partial charge in [0.05, 0.1) is 24.9 Å². The predicted molar refractivity (Wildman–Crippen MR) is 86.4 cm³/mol. The Morgan fingerprint density at radius 1 is 1.24 bits per heavy atom. The fourth-order valence-electron chi connectivity index (χ4n) is 2.26. The highest BCUT2D eigenvalue weighted by atomic mass is 32.1. The maximum absolute atomic E-state index is 6.01. The Kier molecular flexibility index (Phi) is 5.20. The molecule has 114 valence electrons. The van der Waals surface area contributed by atoms with Crippen LogP contribution in [0.25, 0.3) is 0 Å². The molecule has 0 aliphatic carbocycles. The second kappa shape index (κ2) is 6.91. The van der Waals surface area contributed by atoms with Gasteiger partial charge in [-0.2, -0.15) is 0 Å². The highest BCUT2D eigenvalue weighted by Gasteiger charge is 2.14. The van der Waals surface area contributed by atoms with Gasteiger partial charge in [-0.1, -0.05) is 13.0 Å². The number of nitrogens with two attached hydrogens (primary N) is 1. The summed E-state index contributed by atoms with van der Waals surface area (Å²) < 4.78 is 10.6. The molecule has 2 rings (SSSR count). The van der Waals surface area contributed by atoms with Crippen LogP contribution in [0.5, 0.6) is 11.5 Å². The van der Waals surface area contributed by atoms with Gasteiger partial charge in [0.1, 0.15) is 0 Å². The van der Waals surface area contributed by atoms with E-state index in [2.05, 4.69) is 6.92 Å². The van der Waals surface area contributed by atoms with Gasteiger partial charge in [-0.05, 0) is 31.0 Å². The summed E-state index contributed by atoms with van der Waals surface area (Å²) in [5, 5.41) is 1.09. The Morgan fingerprint density at radius 3 is 2.48 bits per heavy atom. The highest BCUT2D eigenvalue weighted by molar-refractivity contribution is 7.11. The lowest BCUT2D eigenvalue weighted by atomic mass is 10.1. The van der Waals surface area contributed by atoms with Crippen LogP contribution in [0, 0.1) is 0 Å². The van der Waals surface area contributed by atoms with Crippen LogP contribution in [0.15, 0.2) is 18.2 Å². The number of thiazole rings is 1. The molecule has 0 saturated heterocycles. The molecule has 5 heteroatoms. The molecule has 1 aromatic carbocycles. The van der Waals surface area contributed by atoms with Gasteiger partial charge in [-0.3, -0.25) is 0 Å². The van der Waals surface area contributed by atoms with Gasteiger partial charge >= 0.3 is 0 Å². The third-order valence-corrected chi connectivity index (χ3v) is 4.62. The maximum Gasteiger partial charge on any atom is 0.160 e. The van der Waals surface area contributed by atoms with Gasteiger partial charge in [0.2, 0.25) is 0 Å². The summed E-state index contributed by atoms with van der Waals surface area (Å²) in [6.07, 6.45) is 1.70. The summed E-state index contributed by atoms with van der Waals surface area (Å²) in [5.74, 6) is 1.49. The van der Waals surface area contributed by atoms with E-state index < -0.39 is 0 Å². The van der Waals surface area contributed by atoms with Gasteiger partial charge in [-0.15, -0.1) is 11.3 Å². The summed E-state index contributed by atoms with van der Waals surface area (Å²) in [4.78, 5) is 5.90. The average Bonchev–Trinajstić information content (AvgIpc) is 2.90. The fourth-order valence-corrected chi connectivity index (χ4v) is 3.41. The van der Waals surface area contributed by atoms with E-state index >= 15 is 0 Å². The van der Waals surface area contributed by atoms with E-state index in [0.717, 1.165) is 40.6 Å². The summed E-state index contributed by atoms with van der Waals surface area (Å²) in [5.41, 5.74) is 8.28. The molecule has 1 unspecified atom stereocenters. The van der Waals surface area contributed by atoms with E-state index in [1.54, 1.807) is 25.6 Å². The topological polar surface area (TPSA) is 57.4 Å². The molecule has 1 aromatic heterocycles. The minimum Gasteiger partial charge on any atom is -0.493 e. The minimum absolute atomic E-state index is 0.0385. The number of hydrogen-bond acceptors (Lipinski definition) is 5. The second-order valence-corrected chi connectivity index (χ2v) is 6.04. The van der Waals surface area contributed by atoms with E-state index in [4.69, 9.17) is 20.2 Å². The molecular formula is C16H22N2O2S. The lowest BCUT2D eigenvalue weighted by Crippen LogP contribution is -2.05. The molecule has 2 aromatic rings. The monoisotopic (exact) mass is 306 g/mol. The molecule has 0 spiro atoms. The van der Waals surface area contributed by atoms with Crippen LogP contribution in [0.1, 0.15) is 41.0 Å². The minimum atomic E-state index is 0.0385. The Labute approximate surface area is 129 Å². The van der Waals surface area contributed by atoms with Crippen molar-refractivity contribution in [3.05, 3.63) is 39.3 Å². The molecule has 1 heterocycles. The normalized spacial score (nSPS) is 12.2. The van der Waals surface area contributed by atoms with Crippen LogP contribution in [0.3, 0.4) is 0 Å². The number of rotatable bonds is 6. The van der Waals surface area contributed by atoms with E-state index in [1.807, 2.05) is 25.1 Å². The maximum atomic E-state index is 6.01. The Balaban J connectivity index is 2.26. The van der Waals surface area contributed by atoms with E-state index in [-0.39, 0.29) is 6.04 Å². The number of ether oxygens (including phenoxy) is 2. The number of aromatic nitrogens is 1. The van der Waals surface area contributed by atoms with Crippen LogP contribution in [0.2, 0.25) is 0 Å². The molecular weight excluding hydrogens is 284 g/mol. The lowest BCUT2D eigenvalue weighted by Gasteiger charge is -2.08. The Morgan fingerprint density at radius 2 is 1.95 bits per heavy atom. The fraction of sp³-hybridized carbons (Fsp3) is 0.438. The van der Waals surface area contributed by atoms with Crippen molar-refractivity contribution in [2.24, 2.45) is 5.73 Å². The zero-order valence-corrected chi connectivity index (χ0v) is 13.8. The van der Waals surface area contributed by atoms with Gasteiger partial charge in [0, 0.05) is 17.3 Å². The number of aryl methyl sites for hydroxylation is 1.